The first-order valence-electron chi connectivity index (χ1n) is 9.77. The number of para-hydroxylation sites is 1. The number of likely N-dealkylation sites (tertiary alicyclic amines) is 1. The third-order valence-corrected chi connectivity index (χ3v) is 5.51. The van der Waals surface area contributed by atoms with Gasteiger partial charge in [-0.25, -0.2) is 0 Å². The van der Waals surface area contributed by atoms with Crippen molar-refractivity contribution in [3.63, 3.8) is 0 Å². The number of carbonyl (C=O) groups is 2. The average Bonchev–Trinajstić information content (AvgIpc) is 2.61. The second-order valence-corrected chi connectivity index (χ2v) is 7.88. The number of fused-ring (bicyclic) bond motifs is 1. The summed E-state index contributed by atoms with van der Waals surface area (Å²) in [6, 6.07) is 8.22. The Morgan fingerprint density at radius 1 is 1.27 bits per heavy atom. The summed E-state index contributed by atoms with van der Waals surface area (Å²) in [5.74, 6) is 1.36. The van der Waals surface area contributed by atoms with Crippen molar-refractivity contribution >= 4 is 11.8 Å². The highest BCUT2D eigenvalue weighted by atomic mass is 16.5. The molecule has 5 nitrogen and oxygen atoms in total. The van der Waals surface area contributed by atoms with Gasteiger partial charge in [0.25, 0.3) is 0 Å². The lowest BCUT2D eigenvalue weighted by molar-refractivity contribution is -0.135. The molecule has 0 aliphatic carbocycles. The summed E-state index contributed by atoms with van der Waals surface area (Å²) in [6.07, 6.45) is 3.53. The zero-order valence-corrected chi connectivity index (χ0v) is 16.1. The number of hydrogen-bond acceptors (Lipinski definition) is 3. The molecular weight excluding hydrogens is 328 g/mol. The lowest BCUT2D eigenvalue weighted by Gasteiger charge is -2.47. The zero-order chi connectivity index (χ0) is 18.7. The van der Waals surface area contributed by atoms with Crippen LogP contribution >= 0.6 is 0 Å². The maximum Gasteiger partial charge on any atom is 0.222 e. The number of amides is 2. The van der Waals surface area contributed by atoms with E-state index in [0.29, 0.717) is 12.8 Å². The molecule has 1 aromatic rings. The molecule has 0 unspecified atom stereocenters. The van der Waals surface area contributed by atoms with Crippen molar-refractivity contribution in [1.82, 2.24) is 10.2 Å². The summed E-state index contributed by atoms with van der Waals surface area (Å²) < 4.78 is 6.45. The summed E-state index contributed by atoms with van der Waals surface area (Å²) in [7, 11) is 0. The largest absolute Gasteiger partial charge is 0.487 e. The highest BCUT2D eigenvalue weighted by molar-refractivity contribution is 5.77. The van der Waals surface area contributed by atoms with Crippen LogP contribution in [0.25, 0.3) is 0 Å². The molecule has 2 amide bonds. The number of rotatable bonds is 4. The number of nitrogens with zero attached hydrogens (tertiary/aromatic N) is 1. The van der Waals surface area contributed by atoms with Crippen LogP contribution in [0.5, 0.6) is 5.75 Å². The molecular formula is C21H30N2O3. The van der Waals surface area contributed by atoms with E-state index in [1.807, 2.05) is 43.9 Å². The first-order chi connectivity index (χ1) is 12.4. The first-order valence-corrected chi connectivity index (χ1v) is 9.77. The van der Waals surface area contributed by atoms with E-state index in [0.717, 1.165) is 43.7 Å². The van der Waals surface area contributed by atoms with Crippen LogP contribution in [0.2, 0.25) is 0 Å². The van der Waals surface area contributed by atoms with Crippen molar-refractivity contribution in [2.45, 2.75) is 70.4 Å². The maximum atomic E-state index is 12.4. The highest BCUT2D eigenvalue weighted by Crippen LogP contribution is 2.46. The average molecular weight is 358 g/mol. The SMILES string of the molecule is CCC(=O)N1CCC2(CC1)C[C@H](CC(=O)NC(C)C)c1ccccc1O2. The van der Waals surface area contributed by atoms with Crippen LogP contribution in [0.15, 0.2) is 24.3 Å². The smallest absolute Gasteiger partial charge is 0.222 e. The number of hydrogen-bond donors (Lipinski definition) is 1. The number of piperidine rings is 1. The minimum absolute atomic E-state index is 0.0930. The maximum absolute atomic E-state index is 12.4. The lowest BCUT2D eigenvalue weighted by atomic mass is 9.76. The van der Waals surface area contributed by atoms with Crippen LogP contribution in [0, 0.1) is 0 Å². The highest BCUT2D eigenvalue weighted by Gasteiger charge is 2.44. The molecule has 142 valence electrons. The standard InChI is InChI=1S/C21H30N2O3/c1-4-20(25)23-11-9-21(10-12-23)14-16(13-19(24)22-15(2)3)17-7-5-6-8-18(17)26-21/h5-8,15-16H,4,9-14H2,1-3H3,(H,22,24)/t16-/m0/s1. The molecule has 26 heavy (non-hydrogen) atoms. The number of carbonyl (C=O) groups excluding carboxylic acids is 2. The van der Waals surface area contributed by atoms with Gasteiger partial charge in [-0.2, -0.15) is 0 Å². The summed E-state index contributed by atoms with van der Waals surface area (Å²) >= 11 is 0. The molecule has 1 aromatic carbocycles. The molecule has 0 saturated carbocycles. The Hall–Kier alpha value is -2.04. The number of nitrogens with one attached hydrogen (secondary N) is 1. The van der Waals surface area contributed by atoms with Crippen molar-refractivity contribution in [2.75, 3.05) is 13.1 Å². The molecule has 2 heterocycles. The quantitative estimate of drug-likeness (QED) is 0.899. The van der Waals surface area contributed by atoms with E-state index in [4.69, 9.17) is 4.74 Å². The fourth-order valence-corrected chi connectivity index (χ4v) is 4.22. The molecule has 1 fully saturated rings. The third-order valence-electron chi connectivity index (χ3n) is 5.51. The molecule has 2 aliphatic rings. The molecule has 1 saturated heterocycles. The molecule has 2 aliphatic heterocycles. The molecule has 0 radical (unpaired) electrons. The van der Waals surface area contributed by atoms with Gasteiger partial charge in [0.15, 0.2) is 0 Å². The van der Waals surface area contributed by atoms with E-state index in [1.54, 1.807) is 0 Å². The third kappa shape index (κ3) is 4.02. The molecule has 0 aromatic heterocycles. The van der Waals surface area contributed by atoms with Gasteiger partial charge in [0, 0.05) is 50.7 Å². The van der Waals surface area contributed by atoms with Gasteiger partial charge >= 0.3 is 0 Å². The summed E-state index contributed by atoms with van der Waals surface area (Å²) in [5, 5.41) is 3.01. The van der Waals surface area contributed by atoms with Gasteiger partial charge in [-0.3, -0.25) is 9.59 Å². The van der Waals surface area contributed by atoms with Gasteiger partial charge in [-0.1, -0.05) is 25.1 Å². The van der Waals surface area contributed by atoms with Gasteiger partial charge in [0.05, 0.1) is 0 Å². The van der Waals surface area contributed by atoms with Crippen LogP contribution < -0.4 is 10.1 Å². The Labute approximate surface area is 156 Å². The van der Waals surface area contributed by atoms with Crippen LogP contribution in [-0.2, 0) is 9.59 Å². The topological polar surface area (TPSA) is 58.6 Å². The summed E-state index contributed by atoms with van der Waals surface area (Å²) in [4.78, 5) is 26.3. The van der Waals surface area contributed by atoms with Crippen molar-refractivity contribution in [2.24, 2.45) is 0 Å². The molecule has 0 bridgehead atoms. The molecule has 1 spiro atoms. The van der Waals surface area contributed by atoms with E-state index < -0.39 is 0 Å². The summed E-state index contributed by atoms with van der Waals surface area (Å²) in [6.45, 7) is 7.35. The van der Waals surface area contributed by atoms with Crippen LogP contribution in [-0.4, -0.2) is 41.4 Å². The fraction of sp³-hybridized carbons (Fsp3) is 0.619. The molecule has 3 rings (SSSR count). The Bertz CT molecular complexity index is 663. The predicted octanol–water partition coefficient (Wildman–Crippen LogP) is 3.24. The Balaban J connectivity index is 1.77. The van der Waals surface area contributed by atoms with Gasteiger partial charge in [0.2, 0.25) is 11.8 Å². The monoisotopic (exact) mass is 358 g/mol. The van der Waals surface area contributed by atoms with Crippen LogP contribution in [0.3, 0.4) is 0 Å². The van der Waals surface area contributed by atoms with Crippen LogP contribution in [0.1, 0.15) is 64.4 Å². The van der Waals surface area contributed by atoms with Crippen LogP contribution in [0.4, 0.5) is 0 Å². The fourth-order valence-electron chi connectivity index (χ4n) is 4.22. The van der Waals surface area contributed by atoms with Crippen molar-refractivity contribution in [3.8, 4) is 5.75 Å². The zero-order valence-electron chi connectivity index (χ0n) is 16.1. The molecule has 1 atom stereocenters. The summed E-state index contributed by atoms with van der Waals surface area (Å²) in [5.41, 5.74) is 0.867. The lowest BCUT2D eigenvalue weighted by Crippen LogP contribution is -2.52. The minimum Gasteiger partial charge on any atom is -0.487 e. The van der Waals surface area contributed by atoms with Crippen molar-refractivity contribution in [3.05, 3.63) is 29.8 Å². The van der Waals surface area contributed by atoms with E-state index in [9.17, 15) is 9.59 Å². The predicted molar refractivity (Wildman–Crippen MR) is 101 cm³/mol. The Morgan fingerprint density at radius 2 is 1.96 bits per heavy atom. The van der Waals surface area contributed by atoms with Gasteiger partial charge < -0.3 is 15.0 Å². The van der Waals surface area contributed by atoms with Gasteiger partial charge in [0.1, 0.15) is 11.4 Å². The number of benzene rings is 1. The number of ether oxygens (including phenoxy) is 1. The van der Waals surface area contributed by atoms with Gasteiger partial charge in [-0.15, -0.1) is 0 Å². The van der Waals surface area contributed by atoms with Crippen molar-refractivity contribution in [1.29, 1.82) is 0 Å². The first kappa shape index (κ1) is 18.7. The van der Waals surface area contributed by atoms with E-state index in [2.05, 4.69) is 11.4 Å². The Kier molecular flexibility index (Phi) is 5.54. The second-order valence-electron chi connectivity index (χ2n) is 7.88. The molecule has 5 heteroatoms. The van der Waals surface area contributed by atoms with E-state index in [1.165, 1.54) is 0 Å². The second kappa shape index (κ2) is 7.68. The molecule has 1 N–H and O–H groups in total. The van der Waals surface area contributed by atoms with E-state index in [-0.39, 0.29) is 29.4 Å². The Morgan fingerprint density at radius 3 is 2.62 bits per heavy atom. The van der Waals surface area contributed by atoms with Crippen molar-refractivity contribution < 1.29 is 14.3 Å². The van der Waals surface area contributed by atoms with Gasteiger partial charge in [-0.05, 0) is 31.9 Å². The normalized spacial score (nSPS) is 21.2. The van der Waals surface area contributed by atoms with E-state index >= 15 is 0 Å². The minimum atomic E-state index is -0.262.